The van der Waals surface area contributed by atoms with Crippen LogP contribution in [0, 0.1) is 11.5 Å². The lowest BCUT2D eigenvalue weighted by Crippen LogP contribution is -1.81. The monoisotopic (exact) mass is 151 g/mol. The van der Waals surface area contributed by atoms with Gasteiger partial charge in [-0.15, -0.1) is 17.9 Å². The van der Waals surface area contributed by atoms with Gasteiger partial charge >= 0.3 is 0 Å². The molecule has 3 heteroatoms. The van der Waals surface area contributed by atoms with Crippen LogP contribution in [-0.2, 0) is 0 Å². The second kappa shape index (κ2) is 3.14. The summed E-state index contributed by atoms with van der Waals surface area (Å²) >= 11 is 4.06. The van der Waals surface area contributed by atoms with Gasteiger partial charge in [-0.25, -0.2) is 0 Å². The number of ether oxygens (including phenoxy) is 1. The lowest BCUT2D eigenvalue weighted by Gasteiger charge is -1.96. The molecule has 0 saturated heterocycles. The third-order valence-corrected chi connectivity index (χ3v) is 1.39. The van der Waals surface area contributed by atoms with Crippen molar-refractivity contribution >= 4 is 12.6 Å². The standard InChI is InChI=1S/C7H5NOS/c8-5-9-6-3-1-2-4-7(6)10/h1-4,10H. The smallest absolute Gasteiger partial charge is 0.292 e. The van der Waals surface area contributed by atoms with Crippen LogP contribution >= 0.6 is 12.6 Å². The number of thiol groups is 1. The zero-order chi connectivity index (χ0) is 7.40. The zero-order valence-electron chi connectivity index (χ0n) is 5.11. The van der Waals surface area contributed by atoms with Gasteiger partial charge in [0.25, 0.3) is 6.26 Å². The SMILES string of the molecule is N#COc1ccccc1S. The van der Waals surface area contributed by atoms with Gasteiger partial charge in [-0.1, -0.05) is 12.1 Å². The van der Waals surface area contributed by atoms with Gasteiger partial charge in [0.1, 0.15) is 0 Å². The topological polar surface area (TPSA) is 33.0 Å². The lowest BCUT2D eigenvalue weighted by molar-refractivity contribution is 0.495. The summed E-state index contributed by atoms with van der Waals surface area (Å²) in [6, 6.07) is 7.06. The Morgan fingerprint density at radius 3 is 2.70 bits per heavy atom. The molecule has 0 amide bonds. The van der Waals surface area contributed by atoms with Crippen LogP contribution in [0.5, 0.6) is 5.75 Å². The molecule has 50 valence electrons. The van der Waals surface area contributed by atoms with Crippen LogP contribution in [-0.4, -0.2) is 0 Å². The molecule has 0 bridgehead atoms. The Balaban J connectivity index is 2.94. The van der Waals surface area contributed by atoms with E-state index in [1.807, 2.05) is 6.07 Å². The van der Waals surface area contributed by atoms with E-state index in [-0.39, 0.29) is 0 Å². The van der Waals surface area contributed by atoms with Gasteiger partial charge in [-0.2, -0.15) is 0 Å². The van der Waals surface area contributed by atoms with Gasteiger partial charge in [0, 0.05) is 4.90 Å². The van der Waals surface area contributed by atoms with Crippen LogP contribution in [0.1, 0.15) is 0 Å². The summed E-state index contributed by atoms with van der Waals surface area (Å²) in [6.07, 6.45) is 1.58. The average molecular weight is 151 g/mol. The molecule has 0 aliphatic rings. The predicted molar refractivity (Wildman–Crippen MR) is 39.9 cm³/mol. The van der Waals surface area contributed by atoms with E-state index >= 15 is 0 Å². The fourth-order valence-electron chi connectivity index (χ4n) is 0.593. The first kappa shape index (κ1) is 6.97. The van der Waals surface area contributed by atoms with Gasteiger partial charge < -0.3 is 4.74 Å². The predicted octanol–water partition coefficient (Wildman–Crippen LogP) is 1.84. The summed E-state index contributed by atoms with van der Waals surface area (Å²) in [5.74, 6) is 0.494. The molecule has 0 aromatic heterocycles. The summed E-state index contributed by atoms with van der Waals surface area (Å²) in [5.41, 5.74) is 0. The average Bonchev–Trinajstić information content (AvgIpc) is 1.94. The molecule has 0 heterocycles. The highest BCUT2D eigenvalue weighted by Crippen LogP contribution is 2.20. The molecule has 10 heavy (non-hydrogen) atoms. The third kappa shape index (κ3) is 1.42. The molecule has 1 rings (SSSR count). The Morgan fingerprint density at radius 1 is 1.40 bits per heavy atom. The maximum atomic E-state index is 8.14. The molecule has 1 aromatic rings. The molecule has 0 N–H and O–H groups in total. The first-order chi connectivity index (χ1) is 4.84. The van der Waals surface area contributed by atoms with Crippen LogP contribution in [0.2, 0.25) is 0 Å². The van der Waals surface area contributed by atoms with Crippen molar-refractivity contribution in [1.29, 1.82) is 5.26 Å². The Bertz CT molecular complexity index is 267. The molecule has 0 fully saturated rings. The summed E-state index contributed by atoms with van der Waals surface area (Å²) < 4.78 is 4.57. The van der Waals surface area contributed by atoms with E-state index < -0.39 is 0 Å². The van der Waals surface area contributed by atoms with Crippen LogP contribution in [0.4, 0.5) is 0 Å². The Kier molecular flexibility index (Phi) is 2.19. The van der Waals surface area contributed by atoms with Crippen molar-refractivity contribution in [2.75, 3.05) is 0 Å². The number of nitriles is 1. The van der Waals surface area contributed by atoms with Gasteiger partial charge in [-0.3, -0.25) is 0 Å². The minimum Gasteiger partial charge on any atom is -0.387 e. The van der Waals surface area contributed by atoms with Crippen molar-refractivity contribution in [2.45, 2.75) is 4.90 Å². The largest absolute Gasteiger partial charge is 0.387 e. The van der Waals surface area contributed by atoms with Gasteiger partial charge in [-0.05, 0) is 12.1 Å². The summed E-state index contributed by atoms with van der Waals surface area (Å²) in [4.78, 5) is 0.670. The second-order valence-electron chi connectivity index (χ2n) is 1.66. The fraction of sp³-hybridized carbons (Fsp3) is 0. The molecule has 1 aromatic carbocycles. The molecule has 0 unspecified atom stereocenters. The lowest BCUT2D eigenvalue weighted by atomic mass is 10.3. The van der Waals surface area contributed by atoms with Gasteiger partial charge in [0.15, 0.2) is 5.75 Å². The van der Waals surface area contributed by atoms with Crippen molar-refractivity contribution in [3.8, 4) is 12.0 Å². The number of hydrogen-bond donors (Lipinski definition) is 1. The van der Waals surface area contributed by atoms with E-state index in [9.17, 15) is 0 Å². The maximum absolute atomic E-state index is 8.14. The number of hydrogen-bond acceptors (Lipinski definition) is 3. The number of nitrogens with zero attached hydrogens (tertiary/aromatic N) is 1. The van der Waals surface area contributed by atoms with E-state index in [0.717, 1.165) is 0 Å². The molecule has 0 aliphatic carbocycles. The normalized spacial score (nSPS) is 8.40. The second-order valence-corrected chi connectivity index (χ2v) is 2.14. The third-order valence-electron chi connectivity index (χ3n) is 1.02. The highest BCUT2D eigenvalue weighted by atomic mass is 32.1. The fourth-order valence-corrected chi connectivity index (χ4v) is 0.799. The quantitative estimate of drug-likeness (QED) is 0.490. The minimum absolute atomic E-state index is 0.494. The molecule has 0 aliphatic heterocycles. The highest BCUT2D eigenvalue weighted by Gasteiger charge is 1.95. The Labute approximate surface area is 64.5 Å². The van der Waals surface area contributed by atoms with Gasteiger partial charge in [0.05, 0.1) is 0 Å². The molecule has 2 nitrogen and oxygen atoms in total. The maximum Gasteiger partial charge on any atom is 0.292 e. The molecule has 0 radical (unpaired) electrons. The van der Waals surface area contributed by atoms with Crippen LogP contribution in [0.15, 0.2) is 29.2 Å². The van der Waals surface area contributed by atoms with Crippen molar-refractivity contribution in [2.24, 2.45) is 0 Å². The summed E-state index contributed by atoms with van der Waals surface area (Å²) in [6.45, 7) is 0. The van der Waals surface area contributed by atoms with Crippen LogP contribution in [0.25, 0.3) is 0 Å². The molecule has 0 spiro atoms. The minimum atomic E-state index is 0.494. The highest BCUT2D eigenvalue weighted by molar-refractivity contribution is 7.80. The first-order valence-electron chi connectivity index (χ1n) is 2.68. The molecule has 0 atom stereocenters. The van der Waals surface area contributed by atoms with Crippen LogP contribution < -0.4 is 4.74 Å². The van der Waals surface area contributed by atoms with Crippen molar-refractivity contribution in [3.05, 3.63) is 24.3 Å². The van der Waals surface area contributed by atoms with Crippen molar-refractivity contribution < 1.29 is 4.74 Å². The zero-order valence-corrected chi connectivity index (χ0v) is 6.01. The Hall–Kier alpha value is -1.14. The first-order valence-corrected chi connectivity index (χ1v) is 3.13. The van der Waals surface area contributed by atoms with Gasteiger partial charge in [0.2, 0.25) is 0 Å². The number of para-hydroxylation sites is 1. The van der Waals surface area contributed by atoms with Crippen molar-refractivity contribution in [3.63, 3.8) is 0 Å². The van der Waals surface area contributed by atoms with E-state index in [0.29, 0.717) is 10.6 Å². The molecular weight excluding hydrogens is 146 g/mol. The van der Waals surface area contributed by atoms with Crippen LogP contribution in [0.3, 0.4) is 0 Å². The van der Waals surface area contributed by atoms with E-state index in [4.69, 9.17) is 5.26 Å². The van der Waals surface area contributed by atoms with Crippen molar-refractivity contribution in [1.82, 2.24) is 0 Å². The Morgan fingerprint density at radius 2 is 2.10 bits per heavy atom. The van der Waals surface area contributed by atoms with E-state index in [1.54, 1.807) is 24.5 Å². The summed E-state index contributed by atoms with van der Waals surface area (Å²) in [5, 5.41) is 8.14. The number of benzene rings is 1. The molecular formula is C7H5NOS. The molecule has 0 saturated carbocycles. The summed E-state index contributed by atoms with van der Waals surface area (Å²) in [7, 11) is 0. The van der Waals surface area contributed by atoms with E-state index in [1.165, 1.54) is 0 Å². The van der Waals surface area contributed by atoms with E-state index in [2.05, 4.69) is 17.4 Å². The number of rotatable bonds is 1.